The van der Waals surface area contributed by atoms with E-state index in [9.17, 15) is 0 Å². The molecule has 3 aromatic rings. The number of nitrogens with one attached hydrogen (secondary N) is 2. The summed E-state index contributed by atoms with van der Waals surface area (Å²) in [4.78, 5) is 11.7. The third-order valence-electron chi connectivity index (χ3n) is 4.67. The van der Waals surface area contributed by atoms with Gasteiger partial charge in [-0.05, 0) is 56.7 Å². The Hall–Kier alpha value is -2.86. The summed E-state index contributed by atoms with van der Waals surface area (Å²) in [6.45, 7) is 7.84. The second-order valence-corrected chi connectivity index (χ2v) is 6.53. The monoisotopic (exact) mass is 379 g/mol. The molecule has 0 saturated carbocycles. The molecule has 1 aromatic heterocycles. The summed E-state index contributed by atoms with van der Waals surface area (Å²) in [5.74, 6) is 1.42. The molecule has 0 fully saturated rings. The number of methoxy groups -OCH3 is 1. The van der Waals surface area contributed by atoms with Gasteiger partial charge in [-0.2, -0.15) is 4.98 Å². The molecule has 0 unspecified atom stereocenters. The van der Waals surface area contributed by atoms with Crippen molar-refractivity contribution in [2.24, 2.45) is 0 Å². The molecule has 0 spiro atoms. The molecule has 0 atom stereocenters. The first-order valence-corrected chi connectivity index (χ1v) is 9.86. The van der Waals surface area contributed by atoms with Crippen LogP contribution in [0.25, 0.3) is 10.9 Å². The summed E-state index contributed by atoms with van der Waals surface area (Å²) >= 11 is 0. The minimum absolute atomic E-state index is 0.587. The Kier molecular flexibility index (Phi) is 7.03. The van der Waals surface area contributed by atoms with E-state index in [0.29, 0.717) is 5.95 Å². The van der Waals surface area contributed by atoms with Crippen molar-refractivity contribution in [2.45, 2.75) is 20.3 Å². The Morgan fingerprint density at radius 1 is 0.964 bits per heavy atom. The molecule has 2 N–H and O–H groups in total. The molecule has 0 amide bonds. The number of benzene rings is 2. The lowest BCUT2D eigenvalue weighted by molar-refractivity contribution is 0.198. The zero-order valence-corrected chi connectivity index (χ0v) is 16.9. The molecule has 0 aliphatic rings. The zero-order valence-electron chi connectivity index (χ0n) is 16.9. The van der Waals surface area contributed by atoms with Crippen LogP contribution in [0.1, 0.15) is 20.3 Å². The Morgan fingerprint density at radius 3 is 2.43 bits per heavy atom. The van der Waals surface area contributed by atoms with E-state index in [-0.39, 0.29) is 0 Å². The number of fused-ring (bicyclic) bond motifs is 1. The standard InChI is InChI=1S/C22H29N5O/c1-4-27(5-2)18-13-11-17(12-14-18)24-22-25-20-10-7-6-9-19(20)21(26-22)23-15-8-16-28-3/h6-7,9-14H,4-5,8,15-16H2,1-3H3,(H2,23,24,25,26). The first kappa shape index (κ1) is 19.9. The maximum Gasteiger partial charge on any atom is 0.229 e. The van der Waals surface area contributed by atoms with Gasteiger partial charge < -0.3 is 20.3 Å². The third-order valence-corrected chi connectivity index (χ3v) is 4.67. The van der Waals surface area contributed by atoms with Crippen molar-refractivity contribution in [3.05, 3.63) is 48.5 Å². The van der Waals surface area contributed by atoms with Crippen molar-refractivity contribution in [1.29, 1.82) is 0 Å². The predicted molar refractivity (Wildman–Crippen MR) is 118 cm³/mol. The number of hydrogen-bond donors (Lipinski definition) is 2. The molecule has 0 radical (unpaired) electrons. The predicted octanol–water partition coefficient (Wildman–Crippen LogP) is 4.67. The lowest BCUT2D eigenvalue weighted by Crippen LogP contribution is -2.21. The van der Waals surface area contributed by atoms with Crippen molar-refractivity contribution < 1.29 is 4.74 Å². The van der Waals surface area contributed by atoms with Gasteiger partial charge in [-0.25, -0.2) is 4.98 Å². The fraction of sp³-hybridized carbons (Fsp3) is 0.364. The van der Waals surface area contributed by atoms with E-state index in [4.69, 9.17) is 9.72 Å². The van der Waals surface area contributed by atoms with Crippen molar-refractivity contribution in [2.75, 3.05) is 48.9 Å². The lowest BCUT2D eigenvalue weighted by Gasteiger charge is -2.21. The molecular weight excluding hydrogens is 350 g/mol. The molecule has 0 aliphatic heterocycles. The Bertz CT molecular complexity index is 878. The van der Waals surface area contributed by atoms with Gasteiger partial charge >= 0.3 is 0 Å². The van der Waals surface area contributed by atoms with Gasteiger partial charge in [0, 0.05) is 50.1 Å². The van der Waals surface area contributed by atoms with E-state index in [2.05, 4.69) is 58.6 Å². The minimum Gasteiger partial charge on any atom is -0.385 e. The first-order valence-electron chi connectivity index (χ1n) is 9.86. The van der Waals surface area contributed by atoms with E-state index >= 15 is 0 Å². The molecule has 6 nitrogen and oxygen atoms in total. The zero-order chi connectivity index (χ0) is 19.8. The van der Waals surface area contributed by atoms with Gasteiger partial charge in [-0.15, -0.1) is 0 Å². The number of rotatable bonds is 10. The van der Waals surface area contributed by atoms with Crippen LogP contribution in [0, 0.1) is 0 Å². The smallest absolute Gasteiger partial charge is 0.229 e. The molecule has 0 saturated heterocycles. The van der Waals surface area contributed by atoms with E-state index in [1.54, 1.807) is 7.11 Å². The van der Waals surface area contributed by atoms with Crippen LogP contribution in [0.2, 0.25) is 0 Å². The summed E-state index contributed by atoms with van der Waals surface area (Å²) in [6, 6.07) is 16.4. The Balaban J connectivity index is 1.80. The Morgan fingerprint density at radius 2 is 1.71 bits per heavy atom. The quantitative estimate of drug-likeness (QED) is 0.499. The number of nitrogens with zero attached hydrogens (tertiary/aromatic N) is 3. The van der Waals surface area contributed by atoms with Crippen molar-refractivity contribution in [3.8, 4) is 0 Å². The fourth-order valence-corrected chi connectivity index (χ4v) is 3.16. The van der Waals surface area contributed by atoms with Crippen molar-refractivity contribution in [3.63, 3.8) is 0 Å². The van der Waals surface area contributed by atoms with Gasteiger partial charge in [-0.1, -0.05) is 12.1 Å². The number of aromatic nitrogens is 2. The highest BCUT2D eigenvalue weighted by molar-refractivity contribution is 5.90. The Labute approximate surface area is 167 Å². The van der Waals surface area contributed by atoms with Gasteiger partial charge in [0.05, 0.1) is 5.52 Å². The van der Waals surface area contributed by atoms with Crippen LogP contribution in [-0.2, 0) is 4.74 Å². The van der Waals surface area contributed by atoms with E-state index in [1.165, 1.54) is 5.69 Å². The molecule has 0 bridgehead atoms. The highest BCUT2D eigenvalue weighted by Gasteiger charge is 2.08. The minimum atomic E-state index is 0.587. The fourth-order valence-electron chi connectivity index (χ4n) is 3.16. The summed E-state index contributed by atoms with van der Waals surface area (Å²) < 4.78 is 5.12. The van der Waals surface area contributed by atoms with Crippen LogP contribution in [0.15, 0.2) is 48.5 Å². The highest BCUT2D eigenvalue weighted by Crippen LogP contribution is 2.24. The summed E-state index contributed by atoms with van der Waals surface area (Å²) in [6.07, 6.45) is 0.921. The molecule has 28 heavy (non-hydrogen) atoms. The van der Waals surface area contributed by atoms with Gasteiger partial charge in [0.2, 0.25) is 5.95 Å². The summed E-state index contributed by atoms with van der Waals surface area (Å²) in [5.41, 5.74) is 3.10. The second-order valence-electron chi connectivity index (χ2n) is 6.53. The van der Waals surface area contributed by atoms with Gasteiger partial charge in [-0.3, -0.25) is 0 Å². The van der Waals surface area contributed by atoms with E-state index < -0.39 is 0 Å². The van der Waals surface area contributed by atoms with Crippen LogP contribution in [-0.4, -0.2) is 43.3 Å². The van der Waals surface area contributed by atoms with E-state index in [0.717, 1.165) is 55.1 Å². The molecule has 2 aromatic carbocycles. The average molecular weight is 380 g/mol. The van der Waals surface area contributed by atoms with Crippen LogP contribution in [0.3, 0.4) is 0 Å². The summed E-state index contributed by atoms with van der Waals surface area (Å²) in [5, 5.41) is 7.76. The van der Waals surface area contributed by atoms with Crippen LogP contribution in [0.4, 0.5) is 23.1 Å². The lowest BCUT2D eigenvalue weighted by atomic mass is 10.2. The molecule has 6 heteroatoms. The number of ether oxygens (including phenoxy) is 1. The number of para-hydroxylation sites is 1. The average Bonchev–Trinajstić information content (AvgIpc) is 2.73. The van der Waals surface area contributed by atoms with Gasteiger partial charge in [0.15, 0.2) is 0 Å². The molecule has 3 rings (SSSR count). The maximum atomic E-state index is 5.12. The van der Waals surface area contributed by atoms with Crippen LogP contribution in [0.5, 0.6) is 0 Å². The number of anilines is 4. The van der Waals surface area contributed by atoms with Crippen LogP contribution >= 0.6 is 0 Å². The van der Waals surface area contributed by atoms with Crippen LogP contribution < -0.4 is 15.5 Å². The summed E-state index contributed by atoms with van der Waals surface area (Å²) in [7, 11) is 1.72. The molecular formula is C22H29N5O. The molecule has 1 heterocycles. The maximum absolute atomic E-state index is 5.12. The third kappa shape index (κ3) is 4.89. The topological polar surface area (TPSA) is 62.3 Å². The normalized spacial score (nSPS) is 10.8. The van der Waals surface area contributed by atoms with Gasteiger partial charge in [0.1, 0.15) is 5.82 Å². The second kappa shape index (κ2) is 9.90. The highest BCUT2D eigenvalue weighted by atomic mass is 16.5. The first-order chi connectivity index (χ1) is 13.7. The molecule has 148 valence electrons. The largest absolute Gasteiger partial charge is 0.385 e. The molecule has 0 aliphatic carbocycles. The van der Waals surface area contributed by atoms with Crippen molar-refractivity contribution in [1.82, 2.24) is 9.97 Å². The van der Waals surface area contributed by atoms with Crippen molar-refractivity contribution >= 4 is 34.0 Å². The van der Waals surface area contributed by atoms with E-state index in [1.807, 2.05) is 24.3 Å². The number of hydrogen-bond acceptors (Lipinski definition) is 6. The SMILES string of the molecule is CCN(CC)c1ccc(Nc2nc(NCCCOC)c3ccccc3n2)cc1. The van der Waals surface area contributed by atoms with Gasteiger partial charge in [0.25, 0.3) is 0 Å².